The second-order valence-electron chi connectivity index (χ2n) is 6.24. The first-order valence-electron chi connectivity index (χ1n) is 7.62. The molecule has 0 saturated carbocycles. The molecule has 0 spiro atoms. The Labute approximate surface area is 140 Å². The summed E-state index contributed by atoms with van der Waals surface area (Å²) >= 11 is 0. The van der Waals surface area contributed by atoms with E-state index in [9.17, 15) is 14.0 Å². The lowest BCUT2D eigenvalue weighted by atomic mass is 9.83. The molecular formula is C19H20FNO3. The predicted octanol–water partition coefficient (Wildman–Crippen LogP) is 3.93. The normalized spacial score (nSPS) is 12.5. The molecule has 0 heterocycles. The van der Waals surface area contributed by atoms with Crippen molar-refractivity contribution in [3.05, 3.63) is 65.5 Å². The van der Waals surface area contributed by atoms with Crippen LogP contribution in [0.2, 0.25) is 0 Å². The molecule has 1 unspecified atom stereocenters. The number of rotatable bonds is 5. The molecule has 4 nitrogen and oxygen atoms in total. The zero-order valence-electron chi connectivity index (χ0n) is 13.8. The number of carbonyl (C=O) groups is 2. The zero-order chi connectivity index (χ0) is 17.9. The molecule has 1 atom stereocenters. The van der Waals surface area contributed by atoms with E-state index in [0.29, 0.717) is 16.8 Å². The monoisotopic (exact) mass is 329 g/mol. The van der Waals surface area contributed by atoms with Gasteiger partial charge in [0, 0.05) is 11.3 Å². The van der Waals surface area contributed by atoms with E-state index in [1.807, 2.05) is 0 Å². The molecule has 126 valence electrons. The summed E-state index contributed by atoms with van der Waals surface area (Å²) in [5, 5.41) is 11.8. The smallest absolute Gasteiger partial charge is 0.310 e. The van der Waals surface area contributed by atoms with Gasteiger partial charge in [-0.2, -0.15) is 0 Å². The van der Waals surface area contributed by atoms with Crippen LogP contribution in [0, 0.1) is 5.82 Å². The van der Waals surface area contributed by atoms with Gasteiger partial charge in [-0.05, 0) is 44.5 Å². The Hall–Kier alpha value is -2.69. The Morgan fingerprint density at radius 3 is 2.21 bits per heavy atom. The van der Waals surface area contributed by atoms with Crippen LogP contribution in [-0.2, 0) is 15.0 Å². The predicted molar refractivity (Wildman–Crippen MR) is 90.5 cm³/mol. The van der Waals surface area contributed by atoms with Gasteiger partial charge < -0.3 is 10.4 Å². The molecule has 2 aromatic carbocycles. The van der Waals surface area contributed by atoms with Gasteiger partial charge in [-0.3, -0.25) is 9.59 Å². The summed E-state index contributed by atoms with van der Waals surface area (Å²) in [6, 6.07) is 12.8. The molecule has 0 aliphatic rings. The van der Waals surface area contributed by atoms with Crippen molar-refractivity contribution in [2.45, 2.75) is 32.1 Å². The minimum absolute atomic E-state index is 0.318. The van der Waals surface area contributed by atoms with Crippen LogP contribution in [0.4, 0.5) is 10.1 Å². The Kier molecular flexibility index (Phi) is 5.02. The number of amides is 1. The molecular weight excluding hydrogens is 309 g/mol. The third-order valence-electron chi connectivity index (χ3n) is 4.15. The van der Waals surface area contributed by atoms with Gasteiger partial charge in [-0.15, -0.1) is 0 Å². The number of anilines is 1. The van der Waals surface area contributed by atoms with Crippen LogP contribution in [0.25, 0.3) is 0 Å². The van der Waals surface area contributed by atoms with Crippen molar-refractivity contribution in [2.24, 2.45) is 0 Å². The molecule has 0 aliphatic heterocycles. The Morgan fingerprint density at radius 2 is 1.67 bits per heavy atom. The minimum Gasteiger partial charge on any atom is -0.481 e. The van der Waals surface area contributed by atoms with Gasteiger partial charge in [0.1, 0.15) is 5.82 Å². The lowest BCUT2D eigenvalue weighted by Gasteiger charge is -2.24. The molecule has 0 aromatic heterocycles. The van der Waals surface area contributed by atoms with Gasteiger partial charge in [-0.25, -0.2) is 4.39 Å². The zero-order valence-corrected chi connectivity index (χ0v) is 13.8. The molecule has 24 heavy (non-hydrogen) atoms. The Bertz CT molecular complexity index is 753. The van der Waals surface area contributed by atoms with E-state index in [-0.39, 0.29) is 5.91 Å². The average Bonchev–Trinajstić information content (AvgIpc) is 2.55. The Morgan fingerprint density at radius 1 is 1.08 bits per heavy atom. The summed E-state index contributed by atoms with van der Waals surface area (Å²) in [6.45, 7) is 4.90. The lowest BCUT2D eigenvalue weighted by molar-refractivity contribution is -0.138. The van der Waals surface area contributed by atoms with E-state index in [2.05, 4.69) is 5.32 Å². The second kappa shape index (κ2) is 6.83. The molecule has 0 saturated heterocycles. The molecule has 0 bridgehead atoms. The fourth-order valence-corrected chi connectivity index (χ4v) is 2.38. The fraction of sp³-hybridized carbons (Fsp3) is 0.263. The topological polar surface area (TPSA) is 66.4 Å². The molecule has 1 amide bonds. The number of carboxylic acid groups (broad SMARTS) is 1. The molecule has 2 rings (SSSR count). The van der Waals surface area contributed by atoms with E-state index >= 15 is 0 Å². The number of carbonyl (C=O) groups excluding carboxylic acids is 1. The summed E-state index contributed by atoms with van der Waals surface area (Å²) in [6.07, 6.45) is 0. The van der Waals surface area contributed by atoms with Crippen LogP contribution < -0.4 is 5.32 Å². The van der Waals surface area contributed by atoms with Crippen LogP contribution in [0.1, 0.15) is 37.8 Å². The molecule has 2 aromatic rings. The van der Waals surface area contributed by atoms with Gasteiger partial charge in [0.15, 0.2) is 0 Å². The molecule has 0 aliphatic carbocycles. The van der Waals surface area contributed by atoms with Crippen molar-refractivity contribution in [3.8, 4) is 0 Å². The highest BCUT2D eigenvalue weighted by Crippen LogP contribution is 2.27. The number of aliphatic carboxylic acids is 1. The number of hydrogen-bond acceptors (Lipinski definition) is 2. The summed E-state index contributed by atoms with van der Waals surface area (Å²) in [5.74, 6) is -2.30. The second-order valence-corrected chi connectivity index (χ2v) is 6.24. The molecule has 0 radical (unpaired) electrons. The highest BCUT2D eigenvalue weighted by atomic mass is 19.1. The largest absolute Gasteiger partial charge is 0.481 e. The van der Waals surface area contributed by atoms with E-state index < -0.39 is 23.1 Å². The summed E-state index contributed by atoms with van der Waals surface area (Å²) < 4.78 is 14.0. The van der Waals surface area contributed by atoms with Crippen LogP contribution >= 0.6 is 0 Å². The number of carboxylic acids is 1. The minimum atomic E-state index is -1.04. The summed E-state index contributed by atoms with van der Waals surface area (Å²) in [4.78, 5) is 23.5. The Balaban J connectivity index is 2.17. The van der Waals surface area contributed by atoms with E-state index in [0.717, 1.165) is 0 Å². The van der Waals surface area contributed by atoms with E-state index in [1.54, 1.807) is 63.2 Å². The number of nitrogens with one attached hydrogen (secondary N) is 1. The maximum Gasteiger partial charge on any atom is 0.310 e. The molecule has 0 fully saturated rings. The van der Waals surface area contributed by atoms with Crippen molar-refractivity contribution in [1.82, 2.24) is 0 Å². The maximum absolute atomic E-state index is 14.0. The number of hydrogen-bond donors (Lipinski definition) is 2. The van der Waals surface area contributed by atoms with E-state index in [4.69, 9.17) is 5.11 Å². The first-order valence-corrected chi connectivity index (χ1v) is 7.62. The average molecular weight is 329 g/mol. The van der Waals surface area contributed by atoms with Crippen LogP contribution in [0.5, 0.6) is 0 Å². The van der Waals surface area contributed by atoms with Crippen LogP contribution in [0.3, 0.4) is 0 Å². The van der Waals surface area contributed by atoms with Crippen LogP contribution in [-0.4, -0.2) is 17.0 Å². The highest BCUT2D eigenvalue weighted by Gasteiger charge is 2.32. The fourth-order valence-electron chi connectivity index (χ4n) is 2.38. The third-order valence-corrected chi connectivity index (χ3v) is 4.15. The van der Waals surface area contributed by atoms with Gasteiger partial charge in [0.2, 0.25) is 5.91 Å². The van der Waals surface area contributed by atoms with Gasteiger partial charge >= 0.3 is 5.97 Å². The van der Waals surface area contributed by atoms with Crippen molar-refractivity contribution in [2.75, 3.05) is 5.32 Å². The first kappa shape index (κ1) is 17.7. The van der Waals surface area contributed by atoms with Gasteiger partial charge in [0.25, 0.3) is 0 Å². The van der Waals surface area contributed by atoms with Crippen molar-refractivity contribution < 1.29 is 19.1 Å². The molecule has 5 heteroatoms. The van der Waals surface area contributed by atoms with Gasteiger partial charge in [-0.1, -0.05) is 30.3 Å². The van der Waals surface area contributed by atoms with Crippen LogP contribution in [0.15, 0.2) is 48.5 Å². The quantitative estimate of drug-likeness (QED) is 0.873. The summed E-state index contributed by atoms with van der Waals surface area (Å²) in [7, 11) is 0. The summed E-state index contributed by atoms with van der Waals surface area (Å²) in [5.41, 5.74) is 0.455. The molecule has 2 N–H and O–H groups in total. The number of benzene rings is 2. The highest BCUT2D eigenvalue weighted by molar-refractivity contribution is 5.98. The lowest BCUT2D eigenvalue weighted by Crippen LogP contribution is -2.35. The van der Waals surface area contributed by atoms with Crippen molar-refractivity contribution in [1.29, 1.82) is 0 Å². The standard InChI is InChI=1S/C19H20FNO3/c1-12(17(22)23)13-8-10-14(11-9-13)21-18(24)19(2,3)15-6-4-5-7-16(15)20/h4-12H,1-3H3,(H,21,24)(H,22,23). The van der Waals surface area contributed by atoms with Crippen molar-refractivity contribution >= 4 is 17.6 Å². The SMILES string of the molecule is CC(C(=O)O)c1ccc(NC(=O)C(C)(C)c2ccccc2F)cc1. The van der Waals surface area contributed by atoms with Gasteiger partial charge in [0.05, 0.1) is 11.3 Å². The van der Waals surface area contributed by atoms with E-state index in [1.165, 1.54) is 6.07 Å². The maximum atomic E-state index is 14.0. The van der Waals surface area contributed by atoms with Crippen molar-refractivity contribution in [3.63, 3.8) is 0 Å². The third kappa shape index (κ3) is 3.62. The number of halogens is 1. The first-order chi connectivity index (χ1) is 11.2.